The maximum absolute atomic E-state index is 12.2. The van der Waals surface area contributed by atoms with Crippen LogP contribution in [0.25, 0.3) is 21.6 Å². The standard InChI is InChI=1S/C18H15N5OS2/c24-17-12-4-1-2-5-13(12)19-15(20-17)10-26-18-22-21-16(14-6-3-9-25-14)23(18)11-7-8-11/h1-6,9,11H,7-8,10H2,(H,19,20,24). The van der Waals surface area contributed by atoms with Gasteiger partial charge in [0.15, 0.2) is 11.0 Å². The third-order valence-electron chi connectivity index (χ3n) is 4.32. The van der Waals surface area contributed by atoms with E-state index in [1.54, 1.807) is 29.2 Å². The SMILES string of the molecule is O=c1[nH]c(CSc2nnc(-c3cccs3)n2C2CC2)nc2ccccc12. The summed E-state index contributed by atoms with van der Waals surface area (Å²) in [4.78, 5) is 20.8. The third kappa shape index (κ3) is 2.85. The largest absolute Gasteiger partial charge is 0.309 e. The molecule has 3 aromatic heterocycles. The van der Waals surface area contributed by atoms with Gasteiger partial charge in [-0.05, 0) is 36.4 Å². The molecule has 1 aliphatic carbocycles. The fourth-order valence-electron chi connectivity index (χ4n) is 2.95. The Morgan fingerprint density at radius 2 is 2.08 bits per heavy atom. The smallest absolute Gasteiger partial charge is 0.258 e. The zero-order valence-electron chi connectivity index (χ0n) is 13.8. The van der Waals surface area contributed by atoms with E-state index in [9.17, 15) is 4.79 Å². The maximum Gasteiger partial charge on any atom is 0.258 e. The number of rotatable bonds is 5. The molecule has 1 fully saturated rings. The lowest BCUT2D eigenvalue weighted by Crippen LogP contribution is -2.11. The van der Waals surface area contributed by atoms with Crippen molar-refractivity contribution in [1.82, 2.24) is 24.7 Å². The van der Waals surface area contributed by atoms with Gasteiger partial charge >= 0.3 is 0 Å². The van der Waals surface area contributed by atoms with Gasteiger partial charge in [-0.2, -0.15) is 0 Å². The number of hydrogen-bond donors (Lipinski definition) is 1. The van der Waals surface area contributed by atoms with Crippen LogP contribution in [-0.2, 0) is 5.75 Å². The monoisotopic (exact) mass is 381 g/mol. The van der Waals surface area contributed by atoms with Crippen LogP contribution >= 0.6 is 23.1 Å². The summed E-state index contributed by atoms with van der Waals surface area (Å²) in [6.45, 7) is 0. The number of nitrogens with zero attached hydrogens (tertiary/aromatic N) is 4. The molecule has 0 unspecified atom stereocenters. The summed E-state index contributed by atoms with van der Waals surface area (Å²) < 4.78 is 2.23. The van der Waals surface area contributed by atoms with E-state index in [2.05, 4.69) is 36.2 Å². The van der Waals surface area contributed by atoms with Crippen LogP contribution in [0.2, 0.25) is 0 Å². The second-order valence-corrected chi connectivity index (χ2v) is 8.09. The first-order valence-corrected chi connectivity index (χ1v) is 10.3. The molecule has 5 rings (SSSR count). The molecule has 8 heteroatoms. The van der Waals surface area contributed by atoms with Crippen molar-refractivity contribution in [3.63, 3.8) is 0 Å². The van der Waals surface area contributed by atoms with E-state index < -0.39 is 0 Å². The maximum atomic E-state index is 12.2. The summed E-state index contributed by atoms with van der Waals surface area (Å²) in [6.07, 6.45) is 2.32. The van der Waals surface area contributed by atoms with Gasteiger partial charge < -0.3 is 4.98 Å². The second kappa shape index (κ2) is 6.37. The van der Waals surface area contributed by atoms with Gasteiger partial charge in [0, 0.05) is 6.04 Å². The first-order valence-electron chi connectivity index (χ1n) is 8.39. The van der Waals surface area contributed by atoms with E-state index in [0.29, 0.717) is 23.0 Å². The van der Waals surface area contributed by atoms with Gasteiger partial charge in [0.25, 0.3) is 5.56 Å². The number of para-hydroxylation sites is 1. The summed E-state index contributed by atoms with van der Waals surface area (Å²) in [7, 11) is 0. The lowest BCUT2D eigenvalue weighted by atomic mass is 10.2. The Kier molecular flexibility index (Phi) is 3.86. The minimum Gasteiger partial charge on any atom is -0.309 e. The summed E-state index contributed by atoms with van der Waals surface area (Å²) in [5.74, 6) is 2.14. The van der Waals surface area contributed by atoms with Crippen LogP contribution in [0.4, 0.5) is 0 Å². The minimum absolute atomic E-state index is 0.103. The van der Waals surface area contributed by atoms with Crippen molar-refractivity contribution in [1.29, 1.82) is 0 Å². The van der Waals surface area contributed by atoms with Crippen LogP contribution in [0, 0.1) is 0 Å². The molecule has 0 spiro atoms. The first kappa shape index (κ1) is 15.8. The van der Waals surface area contributed by atoms with E-state index >= 15 is 0 Å². The fraction of sp³-hybridized carbons (Fsp3) is 0.222. The van der Waals surface area contributed by atoms with E-state index in [1.165, 1.54) is 0 Å². The highest BCUT2D eigenvalue weighted by molar-refractivity contribution is 7.98. The molecule has 130 valence electrons. The highest BCUT2D eigenvalue weighted by Crippen LogP contribution is 2.42. The molecular formula is C18H15N5OS2. The molecule has 26 heavy (non-hydrogen) atoms. The van der Waals surface area contributed by atoms with Gasteiger partial charge in [0.1, 0.15) is 5.82 Å². The highest BCUT2D eigenvalue weighted by Gasteiger charge is 2.30. The average Bonchev–Trinajstić information content (AvgIpc) is 3.18. The van der Waals surface area contributed by atoms with Crippen molar-refractivity contribution in [2.24, 2.45) is 0 Å². The van der Waals surface area contributed by atoms with Crippen LogP contribution in [-0.4, -0.2) is 24.7 Å². The number of aromatic nitrogens is 5. The Hall–Kier alpha value is -2.45. The quantitative estimate of drug-likeness (QED) is 0.531. The zero-order chi connectivity index (χ0) is 17.5. The Balaban J connectivity index is 1.45. The Bertz CT molecular complexity index is 1130. The molecule has 1 aliphatic rings. The van der Waals surface area contributed by atoms with Gasteiger partial charge in [-0.3, -0.25) is 9.36 Å². The van der Waals surface area contributed by atoms with Gasteiger partial charge in [-0.1, -0.05) is 30.0 Å². The molecule has 0 atom stereocenters. The zero-order valence-corrected chi connectivity index (χ0v) is 15.4. The first-order chi connectivity index (χ1) is 12.8. The second-order valence-electron chi connectivity index (χ2n) is 6.20. The molecule has 0 saturated heterocycles. The van der Waals surface area contributed by atoms with Crippen molar-refractivity contribution >= 4 is 34.0 Å². The molecule has 0 radical (unpaired) electrons. The number of fused-ring (bicyclic) bond motifs is 1. The van der Waals surface area contributed by atoms with Crippen LogP contribution in [0.5, 0.6) is 0 Å². The van der Waals surface area contributed by atoms with Crippen molar-refractivity contribution < 1.29 is 0 Å². The van der Waals surface area contributed by atoms with Crippen LogP contribution in [0.1, 0.15) is 24.7 Å². The number of H-pyrrole nitrogens is 1. The number of nitrogens with one attached hydrogen (secondary N) is 1. The van der Waals surface area contributed by atoms with E-state index in [4.69, 9.17) is 0 Å². The number of benzene rings is 1. The summed E-state index contributed by atoms with van der Waals surface area (Å²) >= 11 is 3.24. The van der Waals surface area contributed by atoms with Gasteiger partial charge in [-0.15, -0.1) is 21.5 Å². The number of hydrogen-bond acceptors (Lipinski definition) is 6. The van der Waals surface area contributed by atoms with Crippen molar-refractivity contribution in [3.8, 4) is 10.7 Å². The lowest BCUT2D eigenvalue weighted by molar-refractivity contribution is 0.669. The molecule has 1 aromatic carbocycles. The molecule has 0 bridgehead atoms. The Morgan fingerprint density at radius 1 is 1.19 bits per heavy atom. The van der Waals surface area contributed by atoms with E-state index in [1.807, 2.05) is 24.3 Å². The topological polar surface area (TPSA) is 76.5 Å². The summed E-state index contributed by atoms with van der Waals surface area (Å²) in [5, 5.41) is 12.4. The van der Waals surface area contributed by atoms with Crippen molar-refractivity contribution in [2.75, 3.05) is 0 Å². The Morgan fingerprint density at radius 3 is 2.88 bits per heavy atom. The van der Waals surface area contributed by atoms with Crippen LogP contribution in [0.15, 0.2) is 51.7 Å². The van der Waals surface area contributed by atoms with Crippen LogP contribution < -0.4 is 5.56 Å². The molecule has 6 nitrogen and oxygen atoms in total. The summed E-state index contributed by atoms with van der Waals surface area (Å²) in [6, 6.07) is 12.0. The molecular weight excluding hydrogens is 366 g/mol. The van der Waals surface area contributed by atoms with E-state index in [-0.39, 0.29) is 5.56 Å². The predicted molar refractivity (Wildman–Crippen MR) is 104 cm³/mol. The molecule has 3 heterocycles. The van der Waals surface area contributed by atoms with Gasteiger partial charge in [0.05, 0.1) is 21.5 Å². The molecule has 0 aliphatic heterocycles. The normalized spacial score (nSPS) is 14.2. The number of aromatic amines is 1. The molecule has 4 aromatic rings. The van der Waals surface area contributed by atoms with Crippen molar-refractivity contribution in [3.05, 3.63) is 58.0 Å². The van der Waals surface area contributed by atoms with E-state index in [0.717, 1.165) is 34.2 Å². The third-order valence-corrected chi connectivity index (χ3v) is 6.14. The minimum atomic E-state index is -0.103. The molecule has 1 N–H and O–H groups in total. The number of thioether (sulfide) groups is 1. The molecule has 0 amide bonds. The average molecular weight is 381 g/mol. The van der Waals surface area contributed by atoms with Crippen LogP contribution in [0.3, 0.4) is 0 Å². The number of thiophene rings is 1. The highest BCUT2D eigenvalue weighted by atomic mass is 32.2. The molecule has 1 saturated carbocycles. The lowest BCUT2D eigenvalue weighted by Gasteiger charge is -2.07. The Labute approximate surface area is 157 Å². The van der Waals surface area contributed by atoms with Crippen molar-refractivity contribution in [2.45, 2.75) is 29.8 Å². The van der Waals surface area contributed by atoms with Gasteiger partial charge in [-0.25, -0.2) is 4.98 Å². The summed E-state index contributed by atoms with van der Waals surface area (Å²) in [5.41, 5.74) is 0.615. The van der Waals surface area contributed by atoms with Gasteiger partial charge in [0.2, 0.25) is 0 Å². The fourth-order valence-corrected chi connectivity index (χ4v) is 4.53. The predicted octanol–water partition coefficient (Wildman–Crippen LogP) is 3.87.